The van der Waals surface area contributed by atoms with Gasteiger partial charge in [0.15, 0.2) is 0 Å². The number of carbonyl (C=O) groups excluding carboxylic acids is 1. The minimum absolute atomic E-state index is 0.161. The third-order valence-corrected chi connectivity index (χ3v) is 8.23. The van der Waals surface area contributed by atoms with E-state index in [2.05, 4.69) is 9.89 Å². The molecule has 2 aromatic rings. The number of nitrogens with zero attached hydrogens (tertiary/aromatic N) is 3. The number of esters is 1. The Morgan fingerprint density at radius 2 is 1.90 bits per heavy atom. The van der Waals surface area contributed by atoms with Crippen LogP contribution in [-0.2, 0) is 20.9 Å². The van der Waals surface area contributed by atoms with Crippen LogP contribution >= 0.6 is 0 Å². The van der Waals surface area contributed by atoms with E-state index >= 15 is 0 Å². The highest BCUT2D eigenvalue weighted by atomic mass is 16.6. The number of nitro benzene ring substituents is 1. The number of hydrogen-bond acceptors (Lipinski definition) is 8. The molecular formula is C30H37N3O7. The highest BCUT2D eigenvalue weighted by Gasteiger charge is 2.59. The largest absolute Gasteiger partial charge is 0.497 e. The fourth-order valence-electron chi connectivity index (χ4n) is 5.82. The SMILES string of the molecule is COc1ccc(CN(C)CCC2(C(=O)OCC3CC3)C(C)N=C(C)C(C(=O)O)C2c2cccc([N+](=O)[O-])c2)cc1. The summed E-state index contributed by atoms with van der Waals surface area (Å²) < 4.78 is 11.1. The monoisotopic (exact) mass is 551 g/mol. The van der Waals surface area contributed by atoms with Gasteiger partial charge in [-0.15, -0.1) is 0 Å². The summed E-state index contributed by atoms with van der Waals surface area (Å²) in [5, 5.41) is 22.0. The Morgan fingerprint density at radius 3 is 2.50 bits per heavy atom. The fourth-order valence-corrected chi connectivity index (χ4v) is 5.82. The summed E-state index contributed by atoms with van der Waals surface area (Å²) >= 11 is 0. The number of hydrogen-bond donors (Lipinski definition) is 1. The molecule has 4 atom stereocenters. The molecular weight excluding hydrogens is 514 g/mol. The van der Waals surface area contributed by atoms with Crippen molar-refractivity contribution < 1.29 is 29.1 Å². The van der Waals surface area contributed by atoms with E-state index in [9.17, 15) is 24.8 Å². The van der Waals surface area contributed by atoms with E-state index in [1.54, 1.807) is 20.1 Å². The minimum atomic E-state index is -1.35. The first-order chi connectivity index (χ1) is 19.1. The average Bonchev–Trinajstić information content (AvgIpc) is 3.76. The number of carboxylic acids is 1. The standard InChI is InChI=1S/C30H37N3O7/c1-19-26(28(34)35)27(23-6-5-7-24(16-23)33(37)38)30(20(2)31-19,29(36)40-18-22-8-9-22)14-15-32(3)17-21-10-12-25(39-4)13-11-21/h5-7,10-13,16,20,22,26-27H,8-9,14-15,17-18H2,1-4H3,(H,34,35). The van der Waals surface area contributed by atoms with E-state index in [0.29, 0.717) is 30.3 Å². The van der Waals surface area contributed by atoms with Gasteiger partial charge in [-0.1, -0.05) is 24.3 Å². The van der Waals surface area contributed by atoms with Crippen molar-refractivity contribution in [2.24, 2.45) is 22.2 Å². The van der Waals surface area contributed by atoms with Crippen molar-refractivity contribution in [3.05, 3.63) is 69.8 Å². The molecule has 2 aromatic carbocycles. The van der Waals surface area contributed by atoms with Crippen LogP contribution in [0.3, 0.4) is 0 Å². The Bertz CT molecular complexity index is 1270. The molecule has 1 aliphatic heterocycles. The summed E-state index contributed by atoms with van der Waals surface area (Å²) in [6.07, 6.45) is 2.24. The molecule has 40 heavy (non-hydrogen) atoms. The second-order valence-corrected chi connectivity index (χ2v) is 11.0. The van der Waals surface area contributed by atoms with E-state index in [-0.39, 0.29) is 18.7 Å². The van der Waals surface area contributed by atoms with E-state index in [1.807, 2.05) is 38.2 Å². The highest BCUT2D eigenvalue weighted by molar-refractivity contribution is 6.03. The van der Waals surface area contributed by atoms with Crippen LogP contribution in [0.2, 0.25) is 0 Å². The minimum Gasteiger partial charge on any atom is -0.497 e. The molecule has 4 rings (SSSR count). The van der Waals surface area contributed by atoms with Crippen molar-refractivity contribution in [3.63, 3.8) is 0 Å². The second-order valence-electron chi connectivity index (χ2n) is 11.0. The molecule has 1 aliphatic carbocycles. The average molecular weight is 552 g/mol. The smallest absolute Gasteiger partial charge is 0.314 e. The van der Waals surface area contributed by atoms with Crippen LogP contribution < -0.4 is 4.74 Å². The van der Waals surface area contributed by atoms with Crippen LogP contribution in [0.15, 0.2) is 53.5 Å². The normalized spacial score (nSPS) is 24.3. The van der Waals surface area contributed by atoms with Crippen LogP contribution in [0.5, 0.6) is 5.75 Å². The van der Waals surface area contributed by atoms with Gasteiger partial charge in [0.2, 0.25) is 0 Å². The number of nitro groups is 1. The molecule has 0 amide bonds. The van der Waals surface area contributed by atoms with Gasteiger partial charge < -0.3 is 19.5 Å². The van der Waals surface area contributed by atoms with Crippen molar-refractivity contribution in [1.82, 2.24) is 4.90 Å². The van der Waals surface area contributed by atoms with Gasteiger partial charge in [0.05, 0.1) is 30.1 Å². The van der Waals surface area contributed by atoms with E-state index in [1.165, 1.54) is 18.2 Å². The number of aliphatic imine (C=N–C) groups is 1. The molecule has 0 bridgehead atoms. The van der Waals surface area contributed by atoms with Gasteiger partial charge in [-0.05, 0) is 75.9 Å². The zero-order chi connectivity index (χ0) is 29.0. The molecule has 1 saturated carbocycles. The Balaban J connectivity index is 1.74. The first-order valence-corrected chi connectivity index (χ1v) is 13.6. The Labute approximate surface area is 234 Å². The maximum atomic E-state index is 14.1. The van der Waals surface area contributed by atoms with Gasteiger partial charge in [-0.3, -0.25) is 24.7 Å². The van der Waals surface area contributed by atoms with Gasteiger partial charge in [-0.25, -0.2) is 0 Å². The summed E-state index contributed by atoms with van der Waals surface area (Å²) in [4.78, 5) is 44.7. The Hall–Kier alpha value is -3.79. The Morgan fingerprint density at radius 1 is 1.20 bits per heavy atom. The van der Waals surface area contributed by atoms with E-state index in [4.69, 9.17) is 9.47 Å². The summed E-state index contributed by atoms with van der Waals surface area (Å²) in [6, 6.07) is 13.1. The molecule has 1 heterocycles. The molecule has 0 spiro atoms. The third-order valence-electron chi connectivity index (χ3n) is 8.23. The van der Waals surface area contributed by atoms with Gasteiger partial charge in [0, 0.05) is 30.3 Å². The number of carbonyl (C=O) groups is 2. The zero-order valence-corrected chi connectivity index (χ0v) is 23.4. The summed E-state index contributed by atoms with van der Waals surface area (Å²) in [6.45, 7) is 4.78. The quantitative estimate of drug-likeness (QED) is 0.228. The number of methoxy groups -OCH3 is 1. The molecule has 214 valence electrons. The first-order valence-electron chi connectivity index (χ1n) is 13.6. The first kappa shape index (κ1) is 29.2. The predicted molar refractivity (Wildman–Crippen MR) is 150 cm³/mol. The molecule has 4 unspecified atom stereocenters. The lowest BCUT2D eigenvalue weighted by Gasteiger charge is -2.47. The number of rotatable bonds is 12. The van der Waals surface area contributed by atoms with Crippen LogP contribution in [0.1, 0.15) is 50.2 Å². The van der Waals surface area contributed by atoms with Crippen LogP contribution in [0, 0.1) is 27.4 Å². The van der Waals surface area contributed by atoms with E-state index < -0.39 is 40.2 Å². The summed E-state index contributed by atoms with van der Waals surface area (Å²) in [5.74, 6) is -2.60. The topological polar surface area (TPSA) is 132 Å². The lowest BCUT2D eigenvalue weighted by molar-refractivity contribution is -0.385. The maximum absolute atomic E-state index is 14.1. The van der Waals surface area contributed by atoms with E-state index in [0.717, 1.165) is 24.2 Å². The number of non-ortho nitro benzene ring substituents is 1. The van der Waals surface area contributed by atoms with Crippen molar-refractivity contribution in [3.8, 4) is 5.75 Å². The van der Waals surface area contributed by atoms with Gasteiger partial charge in [0.1, 0.15) is 11.7 Å². The van der Waals surface area contributed by atoms with Crippen LogP contribution in [0.25, 0.3) is 0 Å². The number of aliphatic carboxylic acids is 1. The summed E-state index contributed by atoms with van der Waals surface area (Å²) in [7, 11) is 3.55. The van der Waals surface area contributed by atoms with Gasteiger partial charge in [-0.2, -0.15) is 0 Å². The molecule has 0 saturated heterocycles. The zero-order valence-electron chi connectivity index (χ0n) is 23.4. The predicted octanol–water partition coefficient (Wildman–Crippen LogP) is 4.71. The fraction of sp³-hybridized carbons (Fsp3) is 0.500. The van der Waals surface area contributed by atoms with Gasteiger partial charge in [0.25, 0.3) is 5.69 Å². The molecule has 10 heteroatoms. The molecule has 2 aliphatic rings. The molecule has 1 N–H and O–H groups in total. The summed E-state index contributed by atoms with van der Waals surface area (Å²) in [5.41, 5.74) is 0.350. The number of ether oxygens (including phenoxy) is 2. The van der Waals surface area contributed by atoms with Crippen LogP contribution in [0.4, 0.5) is 5.69 Å². The van der Waals surface area contributed by atoms with Crippen molar-refractivity contribution in [2.75, 3.05) is 27.3 Å². The second kappa shape index (κ2) is 12.2. The lowest BCUT2D eigenvalue weighted by atomic mass is 9.58. The van der Waals surface area contributed by atoms with Crippen LogP contribution in [-0.4, -0.2) is 65.9 Å². The number of benzene rings is 2. The highest BCUT2D eigenvalue weighted by Crippen LogP contribution is 2.52. The third kappa shape index (κ3) is 6.17. The number of carboxylic acid groups (broad SMARTS) is 1. The molecule has 0 aromatic heterocycles. The molecule has 0 radical (unpaired) electrons. The van der Waals surface area contributed by atoms with Crippen molar-refractivity contribution in [2.45, 2.75) is 51.6 Å². The Kier molecular flexibility index (Phi) is 8.88. The van der Waals surface area contributed by atoms with Crippen molar-refractivity contribution in [1.29, 1.82) is 0 Å². The molecule has 10 nitrogen and oxygen atoms in total. The lowest BCUT2D eigenvalue weighted by Crippen LogP contribution is -2.55. The molecule has 1 fully saturated rings. The van der Waals surface area contributed by atoms with Gasteiger partial charge >= 0.3 is 11.9 Å². The maximum Gasteiger partial charge on any atom is 0.314 e. The van der Waals surface area contributed by atoms with Crippen molar-refractivity contribution >= 4 is 23.3 Å².